The standard InChI is InChI=1S/C16H17N3O/c1-2-9-20-15-5-3-13(4-6-15)19-14-10-12-7-8-17-16(12)18-11-14/h3-8,10-11,19H,2,9H2,1H3,(H,17,18). The second kappa shape index (κ2) is 5.65. The van der Waals surface area contributed by atoms with Gasteiger partial charge in [0, 0.05) is 17.3 Å². The summed E-state index contributed by atoms with van der Waals surface area (Å²) in [6.07, 6.45) is 4.73. The van der Waals surface area contributed by atoms with Gasteiger partial charge in [0.15, 0.2) is 0 Å². The van der Waals surface area contributed by atoms with Gasteiger partial charge in [-0.3, -0.25) is 0 Å². The third-order valence-corrected chi connectivity index (χ3v) is 3.02. The van der Waals surface area contributed by atoms with Crippen molar-refractivity contribution in [3.63, 3.8) is 0 Å². The van der Waals surface area contributed by atoms with E-state index in [0.717, 1.165) is 41.2 Å². The number of nitrogens with one attached hydrogen (secondary N) is 2. The Morgan fingerprint density at radius 2 is 2.00 bits per heavy atom. The molecule has 0 aliphatic carbocycles. The molecule has 0 radical (unpaired) electrons. The van der Waals surface area contributed by atoms with E-state index in [-0.39, 0.29) is 0 Å². The third-order valence-electron chi connectivity index (χ3n) is 3.02. The molecule has 0 saturated heterocycles. The normalized spacial score (nSPS) is 10.7. The largest absolute Gasteiger partial charge is 0.494 e. The number of rotatable bonds is 5. The predicted molar refractivity (Wildman–Crippen MR) is 81.6 cm³/mol. The van der Waals surface area contributed by atoms with E-state index in [0.29, 0.717) is 0 Å². The molecule has 0 spiro atoms. The number of aromatic amines is 1. The summed E-state index contributed by atoms with van der Waals surface area (Å²) < 4.78 is 5.56. The lowest BCUT2D eigenvalue weighted by Gasteiger charge is -2.08. The van der Waals surface area contributed by atoms with Gasteiger partial charge in [-0.05, 0) is 42.8 Å². The molecule has 0 amide bonds. The van der Waals surface area contributed by atoms with Crippen LogP contribution in [-0.2, 0) is 0 Å². The van der Waals surface area contributed by atoms with Gasteiger partial charge in [0.1, 0.15) is 11.4 Å². The van der Waals surface area contributed by atoms with Crippen LogP contribution in [0.5, 0.6) is 5.75 Å². The number of benzene rings is 1. The Morgan fingerprint density at radius 3 is 2.80 bits per heavy atom. The molecule has 20 heavy (non-hydrogen) atoms. The third kappa shape index (κ3) is 2.74. The van der Waals surface area contributed by atoms with Gasteiger partial charge >= 0.3 is 0 Å². The minimum absolute atomic E-state index is 0.751. The number of nitrogens with zero attached hydrogens (tertiary/aromatic N) is 1. The molecule has 0 unspecified atom stereocenters. The Kier molecular flexibility index (Phi) is 3.54. The van der Waals surface area contributed by atoms with Crippen molar-refractivity contribution in [1.29, 1.82) is 0 Å². The Balaban J connectivity index is 1.73. The highest BCUT2D eigenvalue weighted by Crippen LogP contribution is 2.22. The summed E-state index contributed by atoms with van der Waals surface area (Å²) in [5.41, 5.74) is 2.89. The van der Waals surface area contributed by atoms with Crippen molar-refractivity contribution in [2.75, 3.05) is 11.9 Å². The molecular formula is C16H17N3O. The maximum atomic E-state index is 5.56. The van der Waals surface area contributed by atoms with E-state index in [1.807, 2.05) is 42.7 Å². The lowest BCUT2D eigenvalue weighted by Crippen LogP contribution is -1.95. The van der Waals surface area contributed by atoms with Crippen molar-refractivity contribution < 1.29 is 4.74 Å². The number of pyridine rings is 1. The monoisotopic (exact) mass is 267 g/mol. The molecule has 2 N–H and O–H groups in total. The Labute approximate surface area is 117 Å². The van der Waals surface area contributed by atoms with E-state index in [9.17, 15) is 0 Å². The first kappa shape index (κ1) is 12.5. The summed E-state index contributed by atoms with van der Waals surface area (Å²) >= 11 is 0. The SMILES string of the molecule is CCCOc1ccc(Nc2cnc3[nH]ccc3c2)cc1. The van der Waals surface area contributed by atoms with E-state index in [1.165, 1.54) is 0 Å². The van der Waals surface area contributed by atoms with Gasteiger partial charge in [0.2, 0.25) is 0 Å². The molecule has 4 nitrogen and oxygen atoms in total. The van der Waals surface area contributed by atoms with Gasteiger partial charge in [-0.2, -0.15) is 0 Å². The second-order valence-corrected chi connectivity index (χ2v) is 4.64. The Morgan fingerprint density at radius 1 is 1.15 bits per heavy atom. The first-order chi connectivity index (χ1) is 9.85. The zero-order valence-electron chi connectivity index (χ0n) is 11.4. The van der Waals surface area contributed by atoms with Gasteiger partial charge < -0.3 is 15.0 Å². The van der Waals surface area contributed by atoms with E-state index < -0.39 is 0 Å². The van der Waals surface area contributed by atoms with Crippen molar-refractivity contribution in [2.45, 2.75) is 13.3 Å². The van der Waals surface area contributed by atoms with Crippen LogP contribution in [-0.4, -0.2) is 16.6 Å². The summed E-state index contributed by atoms with van der Waals surface area (Å²) in [6, 6.07) is 12.0. The molecule has 2 aromatic heterocycles. The molecule has 4 heteroatoms. The van der Waals surface area contributed by atoms with Crippen LogP contribution in [0, 0.1) is 0 Å². The quantitative estimate of drug-likeness (QED) is 0.732. The molecular weight excluding hydrogens is 250 g/mol. The molecule has 3 rings (SSSR count). The summed E-state index contributed by atoms with van der Waals surface area (Å²) in [5.74, 6) is 0.900. The topological polar surface area (TPSA) is 49.9 Å². The number of fused-ring (bicyclic) bond motifs is 1. The molecule has 0 fully saturated rings. The average molecular weight is 267 g/mol. The highest BCUT2D eigenvalue weighted by atomic mass is 16.5. The summed E-state index contributed by atoms with van der Waals surface area (Å²) in [6.45, 7) is 2.85. The van der Waals surface area contributed by atoms with E-state index in [2.05, 4.69) is 28.3 Å². The van der Waals surface area contributed by atoms with Crippen molar-refractivity contribution in [3.05, 3.63) is 48.8 Å². The fourth-order valence-electron chi connectivity index (χ4n) is 2.03. The minimum atomic E-state index is 0.751. The minimum Gasteiger partial charge on any atom is -0.494 e. The first-order valence-electron chi connectivity index (χ1n) is 6.78. The van der Waals surface area contributed by atoms with Crippen molar-refractivity contribution in [1.82, 2.24) is 9.97 Å². The van der Waals surface area contributed by atoms with Crippen LogP contribution >= 0.6 is 0 Å². The lowest BCUT2D eigenvalue weighted by atomic mass is 10.2. The average Bonchev–Trinajstić information content (AvgIpc) is 2.94. The van der Waals surface area contributed by atoms with Gasteiger partial charge in [-0.25, -0.2) is 4.98 Å². The molecule has 0 bridgehead atoms. The summed E-state index contributed by atoms with van der Waals surface area (Å²) in [7, 11) is 0. The van der Waals surface area contributed by atoms with E-state index >= 15 is 0 Å². The number of ether oxygens (including phenoxy) is 1. The molecule has 0 aliphatic rings. The van der Waals surface area contributed by atoms with Crippen molar-refractivity contribution in [3.8, 4) is 5.75 Å². The van der Waals surface area contributed by atoms with Crippen molar-refractivity contribution >= 4 is 22.4 Å². The van der Waals surface area contributed by atoms with Crippen LogP contribution in [0.2, 0.25) is 0 Å². The molecule has 3 aromatic rings. The second-order valence-electron chi connectivity index (χ2n) is 4.64. The van der Waals surface area contributed by atoms with Crippen LogP contribution in [0.25, 0.3) is 11.0 Å². The number of anilines is 2. The maximum Gasteiger partial charge on any atom is 0.137 e. The van der Waals surface area contributed by atoms with Crippen molar-refractivity contribution in [2.24, 2.45) is 0 Å². The highest BCUT2D eigenvalue weighted by Gasteiger charge is 2.00. The van der Waals surface area contributed by atoms with E-state index in [4.69, 9.17) is 4.74 Å². The number of H-pyrrole nitrogens is 1. The highest BCUT2D eigenvalue weighted by molar-refractivity contribution is 5.80. The van der Waals surface area contributed by atoms with Gasteiger partial charge in [-0.15, -0.1) is 0 Å². The van der Waals surface area contributed by atoms with Crippen LogP contribution < -0.4 is 10.1 Å². The molecule has 0 aliphatic heterocycles. The number of hydrogen-bond donors (Lipinski definition) is 2. The molecule has 0 saturated carbocycles. The Hall–Kier alpha value is -2.49. The van der Waals surface area contributed by atoms with Gasteiger partial charge in [0.05, 0.1) is 18.5 Å². The van der Waals surface area contributed by atoms with Crippen LogP contribution in [0.15, 0.2) is 48.8 Å². The maximum absolute atomic E-state index is 5.56. The van der Waals surface area contributed by atoms with Gasteiger partial charge in [-0.1, -0.05) is 6.92 Å². The number of aromatic nitrogens is 2. The fourth-order valence-corrected chi connectivity index (χ4v) is 2.03. The summed E-state index contributed by atoms with van der Waals surface area (Å²) in [5, 5.41) is 4.43. The molecule has 0 atom stereocenters. The fraction of sp³-hybridized carbons (Fsp3) is 0.188. The zero-order valence-corrected chi connectivity index (χ0v) is 11.4. The Bertz CT molecular complexity index is 688. The molecule has 102 valence electrons. The lowest BCUT2D eigenvalue weighted by molar-refractivity contribution is 0.317. The predicted octanol–water partition coefficient (Wildman–Crippen LogP) is 4.10. The first-order valence-corrected chi connectivity index (χ1v) is 6.78. The van der Waals surface area contributed by atoms with E-state index in [1.54, 1.807) is 0 Å². The smallest absolute Gasteiger partial charge is 0.137 e. The summed E-state index contributed by atoms with van der Waals surface area (Å²) in [4.78, 5) is 7.43. The molecule has 2 heterocycles. The number of hydrogen-bond acceptors (Lipinski definition) is 3. The van der Waals surface area contributed by atoms with Crippen LogP contribution in [0.1, 0.15) is 13.3 Å². The molecule has 1 aromatic carbocycles. The van der Waals surface area contributed by atoms with Gasteiger partial charge in [0.25, 0.3) is 0 Å². The van der Waals surface area contributed by atoms with Crippen LogP contribution in [0.4, 0.5) is 11.4 Å². The van der Waals surface area contributed by atoms with Crippen LogP contribution in [0.3, 0.4) is 0 Å². The zero-order chi connectivity index (χ0) is 13.8.